The van der Waals surface area contributed by atoms with Gasteiger partial charge in [0.05, 0.1) is 12.3 Å². The van der Waals surface area contributed by atoms with Crippen LogP contribution in [0.1, 0.15) is 31.3 Å². The van der Waals surface area contributed by atoms with Crippen LogP contribution in [0, 0.1) is 11.7 Å². The molecule has 0 spiro atoms. The second-order valence-electron chi connectivity index (χ2n) is 6.06. The van der Waals surface area contributed by atoms with Crippen molar-refractivity contribution in [3.05, 3.63) is 35.8 Å². The van der Waals surface area contributed by atoms with Crippen LogP contribution < -0.4 is 10.6 Å². The summed E-state index contributed by atoms with van der Waals surface area (Å²) in [5.74, 6) is 0.276. The summed E-state index contributed by atoms with van der Waals surface area (Å²) in [5, 5.41) is 4.34. The van der Waals surface area contributed by atoms with Crippen LogP contribution >= 0.6 is 0 Å². The summed E-state index contributed by atoms with van der Waals surface area (Å²) in [6, 6.07) is 6.19. The summed E-state index contributed by atoms with van der Waals surface area (Å²) < 4.78 is 19.9. The van der Waals surface area contributed by atoms with Crippen molar-refractivity contribution < 1.29 is 13.9 Å². The van der Waals surface area contributed by atoms with Crippen molar-refractivity contribution >= 4 is 17.5 Å². The smallest absolute Gasteiger partial charge is 0.361 e. The Morgan fingerprint density at radius 3 is 2.58 bits per heavy atom. The number of ether oxygens (including phenoxy) is 1. The molecule has 1 aliphatic rings. The summed E-state index contributed by atoms with van der Waals surface area (Å²) in [4.78, 5) is 14.2. The maximum Gasteiger partial charge on any atom is 0.361 e. The largest absolute Gasteiger partial charge is 0.461 e. The number of hydrogen-bond donors (Lipinski definition) is 1. The molecule has 0 radical (unpaired) electrons. The molecule has 2 atom stereocenters. The molecule has 128 valence electrons. The summed E-state index contributed by atoms with van der Waals surface area (Å²) in [6.45, 7) is 7.04. The van der Waals surface area contributed by atoms with E-state index in [1.54, 1.807) is 23.7 Å². The lowest BCUT2D eigenvalue weighted by Crippen LogP contribution is -2.54. The van der Waals surface area contributed by atoms with Crippen molar-refractivity contribution in [2.75, 3.05) is 23.8 Å². The van der Waals surface area contributed by atoms with Crippen molar-refractivity contribution in [1.29, 1.82) is 0 Å². The first kappa shape index (κ1) is 16.3. The van der Waals surface area contributed by atoms with E-state index in [-0.39, 0.29) is 29.8 Å². The molecule has 2 unspecified atom stereocenters. The van der Waals surface area contributed by atoms with Gasteiger partial charge in [-0.15, -0.1) is 0 Å². The molecule has 1 saturated heterocycles. The number of hydrogen-bond acceptors (Lipinski definition) is 5. The highest BCUT2D eigenvalue weighted by Gasteiger charge is 2.37. The average molecular weight is 332 g/mol. The van der Waals surface area contributed by atoms with Crippen molar-refractivity contribution in [2.24, 2.45) is 5.92 Å². The molecule has 2 N–H and O–H groups in total. The van der Waals surface area contributed by atoms with Crippen molar-refractivity contribution in [3.8, 4) is 5.69 Å². The second kappa shape index (κ2) is 6.14. The van der Waals surface area contributed by atoms with E-state index in [9.17, 15) is 9.18 Å². The average Bonchev–Trinajstić information content (AvgIpc) is 2.90. The van der Waals surface area contributed by atoms with Gasteiger partial charge in [-0.05, 0) is 44.0 Å². The molecule has 1 aliphatic heterocycles. The topological polar surface area (TPSA) is 73.4 Å². The molecular weight excluding hydrogens is 311 g/mol. The maximum atomic E-state index is 13.2. The summed E-state index contributed by atoms with van der Waals surface area (Å²) in [5.41, 5.74) is 7.23. The molecule has 6 nitrogen and oxygen atoms in total. The number of aromatic nitrogens is 2. The van der Waals surface area contributed by atoms with Crippen LogP contribution in [0.5, 0.6) is 0 Å². The molecule has 0 bridgehead atoms. The lowest BCUT2D eigenvalue weighted by Gasteiger charge is -2.46. The normalized spacial score (nSPS) is 19.9. The molecule has 7 heteroatoms. The SMILES string of the molecule is CCOC(=O)c1nn(-c2ccc(F)cc2)c(N2CC(C)C2C)c1N. The Hall–Kier alpha value is -2.57. The van der Waals surface area contributed by atoms with E-state index < -0.39 is 5.97 Å². The second-order valence-corrected chi connectivity index (χ2v) is 6.06. The first-order valence-electron chi connectivity index (χ1n) is 8.02. The minimum atomic E-state index is -0.557. The molecule has 2 heterocycles. The monoisotopic (exact) mass is 332 g/mol. The number of nitrogens with two attached hydrogens (primary N) is 1. The highest BCUT2D eigenvalue weighted by Crippen LogP contribution is 2.37. The molecule has 3 rings (SSSR count). The first-order valence-corrected chi connectivity index (χ1v) is 8.02. The first-order chi connectivity index (χ1) is 11.4. The molecular formula is C17H21FN4O2. The zero-order valence-electron chi connectivity index (χ0n) is 14.0. The third-order valence-electron chi connectivity index (χ3n) is 4.51. The van der Waals surface area contributed by atoms with Gasteiger partial charge in [-0.3, -0.25) is 0 Å². The number of halogens is 1. The van der Waals surface area contributed by atoms with E-state index in [0.717, 1.165) is 6.54 Å². The van der Waals surface area contributed by atoms with Crippen LogP contribution in [-0.2, 0) is 4.74 Å². The Balaban J connectivity index is 2.10. The zero-order valence-corrected chi connectivity index (χ0v) is 14.0. The summed E-state index contributed by atoms with van der Waals surface area (Å²) in [6.07, 6.45) is 0. The predicted molar refractivity (Wildman–Crippen MR) is 89.9 cm³/mol. The lowest BCUT2D eigenvalue weighted by molar-refractivity contribution is 0.0520. The Bertz CT molecular complexity index is 757. The Labute approximate surface area is 140 Å². The van der Waals surface area contributed by atoms with Crippen LogP contribution in [-0.4, -0.2) is 34.9 Å². The number of rotatable bonds is 4. The third kappa shape index (κ3) is 2.60. The van der Waals surface area contributed by atoms with Gasteiger partial charge in [0.15, 0.2) is 11.5 Å². The predicted octanol–water partition coefficient (Wildman–Crippen LogP) is 2.61. The Morgan fingerprint density at radius 1 is 1.38 bits per heavy atom. The maximum absolute atomic E-state index is 13.2. The van der Waals surface area contributed by atoms with E-state index in [2.05, 4.69) is 23.8 Å². The number of carbonyl (C=O) groups excluding carboxylic acids is 1. The number of benzene rings is 1. The highest BCUT2D eigenvalue weighted by molar-refractivity contribution is 5.96. The number of carbonyl (C=O) groups is 1. The van der Waals surface area contributed by atoms with Crippen LogP contribution in [0.4, 0.5) is 15.9 Å². The number of nitrogen functional groups attached to an aromatic ring is 1. The minimum Gasteiger partial charge on any atom is -0.461 e. The fourth-order valence-corrected chi connectivity index (χ4v) is 2.89. The van der Waals surface area contributed by atoms with Gasteiger partial charge in [0.1, 0.15) is 11.5 Å². The van der Waals surface area contributed by atoms with Crippen LogP contribution in [0.2, 0.25) is 0 Å². The molecule has 1 fully saturated rings. The van der Waals surface area contributed by atoms with E-state index in [4.69, 9.17) is 10.5 Å². The van der Waals surface area contributed by atoms with Gasteiger partial charge in [-0.2, -0.15) is 5.10 Å². The van der Waals surface area contributed by atoms with E-state index in [1.807, 2.05) is 0 Å². The van der Waals surface area contributed by atoms with Crippen LogP contribution in [0.25, 0.3) is 5.69 Å². The van der Waals surface area contributed by atoms with Gasteiger partial charge in [0, 0.05) is 12.6 Å². The van der Waals surface area contributed by atoms with E-state index in [1.165, 1.54) is 12.1 Å². The molecule has 1 aromatic carbocycles. The van der Waals surface area contributed by atoms with Crippen LogP contribution in [0.15, 0.2) is 24.3 Å². The molecule has 0 saturated carbocycles. The molecule has 1 aromatic heterocycles. The van der Waals surface area contributed by atoms with E-state index in [0.29, 0.717) is 17.4 Å². The molecule has 0 amide bonds. The standard InChI is InChI=1S/C17H21FN4O2/c1-4-24-17(23)15-14(19)16(21-9-10(2)11(21)3)22(20-15)13-7-5-12(18)6-8-13/h5-8,10-11H,4,9,19H2,1-3H3. The number of nitrogens with zero attached hydrogens (tertiary/aromatic N) is 3. The van der Waals surface area contributed by atoms with Gasteiger partial charge >= 0.3 is 5.97 Å². The van der Waals surface area contributed by atoms with Gasteiger partial charge in [-0.25, -0.2) is 13.9 Å². The zero-order chi connectivity index (χ0) is 17.4. The summed E-state index contributed by atoms with van der Waals surface area (Å²) in [7, 11) is 0. The molecule has 2 aromatic rings. The molecule has 24 heavy (non-hydrogen) atoms. The summed E-state index contributed by atoms with van der Waals surface area (Å²) >= 11 is 0. The number of esters is 1. The van der Waals surface area contributed by atoms with Gasteiger partial charge in [0.2, 0.25) is 0 Å². The van der Waals surface area contributed by atoms with Gasteiger partial charge in [0.25, 0.3) is 0 Å². The van der Waals surface area contributed by atoms with Gasteiger partial charge in [-0.1, -0.05) is 6.92 Å². The number of anilines is 2. The molecule has 0 aliphatic carbocycles. The highest BCUT2D eigenvalue weighted by atomic mass is 19.1. The fraction of sp³-hybridized carbons (Fsp3) is 0.412. The van der Waals surface area contributed by atoms with Crippen LogP contribution in [0.3, 0.4) is 0 Å². The Kier molecular flexibility index (Phi) is 4.17. The minimum absolute atomic E-state index is 0.0860. The third-order valence-corrected chi connectivity index (χ3v) is 4.51. The quantitative estimate of drug-likeness (QED) is 0.871. The van der Waals surface area contributed by atoms with Gasteiger partial charge < -0.3 is 15.4 Å². The fourth-order valence-electron chi connectivity index (χ4n) is 2.89. The Morgan fingerprint density at radius 2 is 2.04 bits per heavy atom. The lowest BCUT2D eigenvalue weighted by atomic mass is 9.92. The van der Waals surface area contributed by atoms with E-state index >= 15 is 0 Å². The van der Waals surface area contributed by atoms with Crippen molar-refractivity contribution in [3.63, 3.8) is 0 Å². The van der Waals surface area contributed by atoms with Crippen molar-refractivity contribution in [2.45, 2.75) is 26.8 Å². The van der Waals surface area contributed by atoms with Crippen molar-refractivity contribution in [1.82, 2.24) is 9.78 Å².